The van der Waals surface area contributed by atoms with Crippen molar-refractivity contribution in [3.05, 3.63) is 40.7 Å². The predicted octanol–water partition coefficient (Wildman–Crippen LogP) is 4.13. The molecule has 3 heterocycles. The summed E-state index contributed by atoms with van der Waals surface area (Å²) < 4.78 is 6.70. The minimum atomic E-state index is -0.0386. The third kappa shape index (κ3) is 3.96. The van der Waals surface area contributed by atoms with Gasteiger partial charge in [0.15, 0.2) is 0 Å². The number of aliphatic hydroxyl groups is 1. The average Bonchev–Trinajstić information content (AvgIpc) is 3.21. The molecule has 0 amide bonds. The number of nitrogens with zero attached hydrogens (tertiary/aromatic N) is 3. The number of benzene rings is 1. The maximum atomic E-state index is 8.93. The van der Waals surface area contributed by atoms with Crippen LogP contribution in [-0.2, 0) is 0 Å². The van der Waals surface area contributed by atoms with Crippen molar-refractivity contribution in [2.75, 3.05) is 50.8 Å². The van der Waals surface area contributed by atoms with Crippen LogP contribution in [0.25, 0.3) is 21.3 Å². The number of ether oxygens (including phenoxy) is 1. The van der Waals surface area contributed by atoms with Gasteiger partial charge in [0, 0.05) is 31.7 Å². The van der Waals surface area contributed by atoms with Gasteiger partial charge in [-0.15, -0.1) is 11.3 Å². The first-order valence-electron chi connectivity index (χ1n) is 9.58. The number of anilines is 1. The summed E-state index contributed by atoms with van der Waals surface area (Å²) in [7, 11) is 0. The number of pyridine rings is 1. The highest BCUT2D eigenvalue weighted by molar-refractivity contribution is 7.17. The van der Waals surface area contributed by atoms with E-state index in [0.717, 1.165) is 49.8 Å². The Morgan fingerprint density at radius 1 is 1.18 bits per heavy atom. The van der Waals surface area contributed by atoms with Crippen molar-refractivity contribution in [3.63, 3.8) is 0 Å². The minimum Gasteiger partial charge on any atom is -0.490 e. The summed E-state index contributed by atoms with van der Waals surface area (Å²) in [6.07, 6.45) is 0. The molecule has 148 valence electrons. The third-order valence-corrected chi connectivity index (χ3v) is 6.33. The van der Waals surface area contributed by atoms with Crippen molar-refractivity contribution in [1.29, 1.82) is 0 Å². The van der Waals surface area contributed by atoms with Gasteiger partial charge in [-0.25, -0.2) is 4.98 Å². The topological polar surface area (TPSA) is 48.8 Å². The fourth-order valence-electron chi connectivity index (χ4n) is 3.53. The Bertz CT molecular complexity index is 954. The maximum absolute atomic E-state index is 8.93. The first-order chi connectivity index (χ1) is 13.7. The second kappa shape index (κ2) is 8.66. The number of rotatable bonds is 6. The van der Waals surface area contributed by atoms with E-state index in [9.17, 15) is 0 Å². The summed E-state index contributed by atoms with van der Waals surface area (Å²) in [6, 6.07) is 9.97. The Labute approximate surface area is 174 Å². The van der Waals surface area contributed by atoms with Crippen molar-refractivity contribution >= 4 is 38.8 Å². The Morgan fingerprint density at radius 2 is 2.00 bits per heavy atom. The van der Waals surface area contributed by atoms with E-state index in [2.05, 4.69) is 34.2 Å². The van der Waals surface area contributed by atoms with Crippen molar-refractivity contribution < 1.29 is 9.84 Å². The molecule has 0 atom stereocenters. The Hall–Kier alpha value is -1.86. The second-order valence-corrected chi connectivity index (χ2v) is 8.13. The lowest BCUT2D eigenvalue weighted by Gasteiger charge is -2.35. The van der Waals surface area contributed by atoms with E-state index in [-0.39, 0.29) is 13.2 Å². The lowest BCUT2D eigenvalue weighted by atomic mass is 10.1. The smallest absolute Gasteiger partial charge is 0.147 e. The first kappa shape index (κ1) is 19.5. The average molecular weight is 418 g/mol. The fourth-order valence-corrected chi connectivity index (χ4v) is 4.66. The lowest BCUT2D eigenvalue weighted by Crippen LogP contribution is -2.46. The molecule has 1 fully saturated rings. The van der Waals surface area contributed by atoms with Crippen LogP contribution in [0.3, 0.4) is 0 Å². The van der Waals surface area contributed by atoms with Gasteiger partial charge < -0.3 is 19.6 Å². The molecule has 1 saturated heterocycles. The van der Waals surface area contributed by atoms with E-state index in [4.69, 9.17) is 26.4 Å². The zero-order chi connectivity index (χ0) is 19.5. The van der Waals surface area contributed by atoms with Gasteiger partial charge in [0.2, 0.25) is 0 Å². The van der Waals surface area contributed by atoms with Gasteiger partial charge in [-0.05, 0) is 47.6 Å². The second-order valence-electron chi connectivity index (χ2n) is 6.81. The molecule has 2 aromatic heterocycles. The molecule has 0 spiro atoms. The summed E-state index contributed by atoms with van der Waals surface area (Å²) in [4.78, 5) is 9.90. The van der Waals surface area contributed by atoms with Gasteiger partial charge in [-0.3, -0.25) is 0 Å². The molecule has 1 aromatic carbocycles. The standard InChI is InChI=1S/C21H24ClN3O2S/c1-2-24-6-8-25(9-7-24)21-20-16(5-12-28-20)14-18(23-21)15-3-4-19(17(22)13-15)27-11-10-26/h3-5,12-14,26H,2,6-11H2,1H3. The first-order valence-corrected chi connectivity index (χ1v) is 10.8. The number of aromatic nitrogens is 1. The van der Waals surface area contributed by atoms with Gasteiger partial charge in [0.05, 0.1) is 22.0 Å². The van der Waals surface area contributed by atoms with Crippen molar-refractivity contribution in [2.24, 2.45) is 0 Å². The molecule has 0 unspecified atom stereocenters. The normalized spacial score (nSPS) is 15.3. The summed E-state index contributed by atoms with van der Waals surface area (Å²) >= 11 is 8.13. The molecule has 0 saturated carbocycles. The molecular formula is C21H24ClN3O2S. The molecular weight excluding hydrogens is 394 g/mol. The van der Waals surface area contributed by atoms with Gasteiger partial charge in [0.25, 0.3) is 0 Å². The largest absolute Gasteiger partial charge is 0.490 e. The molecule has 0 bridgehead atoms. The highest BCUT2D eigenvalue weighted by Crippen LogP contribution is 2.36. The number of aliphatic hydroxyl groups excluding tert-OH is 1. The highest BCUT2D eigenvalue weighted by atomic mass is 35.5. The number of hydrogen-bond donors (Lipinski definition) is 1. The van der Waals surface area contributed by atoms with Crippen LogP contribution in [0.4, 0.5) is 5.82 Å². The molecule has 4 rings (SSSR count). The van der Waals surface area contributed by atoms with Crippen LogP contribution in [0, 0.1) is 0 Å². The Morgan fingerprint density at radius 3 is 2.71 bits per heavy atom. The van der Waals surface area contributed by atoms with E-state index in [1.807, 2.05) is 18.2 Å². The summed E-state index contributed by atoms with van der Waals surface area (Å²) in [5.74, 6) is 1.64. The SMILES string of the molecule is CCN1CCN(c2nc(-c3ccc(OCCO)c(Cl)c3)cc3ccsc23)CC1. The molecule has 28 heavy (non-hydrogen) atoms. The number of halogens is 1. The molecule has 3 aromatic rings. The van der Waals surface area contributed by atoms with Crippen molar-refractivity contribution in [2.45, 2.75) is 6.92 Å². The zero-order valence-corrected chi connectivity index (χ0v) is 17.5. The fraction of sp³-hybridized carbons (Fsp3) is 0.381. The molecule has 0 aliphatic carbocycles. The Kier molecular flexibility index (Phi) is 6.01. The van der Waals surface area contributed by atoms with Crippen LogP contribution in [0.5, 0.6) is 5.75 Å². The molecule has 1 aliphatic rings. The van der Waals surface area contributed by atoms with Gasteiger partial charge in [-0.1, -0.05) is 18.5 Å². The molecule has 5 nitrogen and oxygen atoms in total. The summed E-state index contributed by atoms with van der Waals surface area (Å²) in [5.41, 5.74) is 1.87. The van der Waals surface area contributed by atoms with Gasteiger partial charge in [0.1, 0.15) is 18.2 Å². The number of fused-ring (bicyclic) bond motifs is 1. The summed E-state index contributed by atoms with van der Waals surface area (Å²) in [6.45, 7) is 7.62. The number of thiophene rings is 1. The third-order valence-electron chi connectivity index (χ3n) is 5.11. The quantitative estimate of drug-likeness (QED) is 0.653. The van der Waals surface area contributed by atoms with Gasteiger partial charge >= 0.3 is 0 Å². The van der Waals surface area contributed by atoms with Crippen LogP contribution < -0.4 is 9.64 Å². The molecule has 7 heteroatoms. The van der Waals surface area contributed by atoms with Crippen LogP contribution >= 0.6 is 22.9 Å². The molecule has 1 aliphatic heterocycles. The van der Waals surface area contributed by atoms with Crippen LogP contribution in [0.15, 0.2) is 35.7 Å². The van der Waals surface area contributed by atoms with Crippen molar-refractivity contribution in [3.8, 4) is 17.0 Å². The highest BCUT2D eigenvalue weighted by Gasteiger charge is 2.20. The van der Waals surface area contributed by atoms with Crippen molar-refractivity contribution in [1.82, 2.24) is 9.88 Å². The van der Waals surface area contributed by atoms with Crippen LogP contribution in [0.2, 0.25) is 5.02 Å². The van der Waals surface area contributed by atoms with Crippen LogP contribution in [0.1, 0.15) is 6.92 Å². The van der Waals surface area contributed by atoms with E-state index < -0.39 is 0 Å². The number of likely N-dealkylation sites (N-methyl/N-ethyl adjacent to an activating group) is 1. The molecule has 1 N–H and O–H groups in total. The van der Waals surface area contributed by atoms with E-state index in [1.165, 1.54) is 10.1 Å². The van der Waals surface area contributed by atoms with E-state index in [0.29, 0.717) is 10.8 Å². The minimum absolute atomic E-state index is 0.0386. The van der Waals surface area contributed by atoms with Crippen LogP contribution in [-0.4, -0.2) is 60.9 Å². The summed E-state index contributed by atoms with van der Waals surface area (Å²) in [5, 5.41) is 12.8. The Balaban J connectivity index is 1.68. The zero-order valence-electron chi connectivity index (χ0n) is 15.9. The van der Waals surface area contributed by atoms with E-state index >= 15 is 0 Å². The van der Waals surface area contributed by atoms with E-state index in [1.54, 1.807) is 11.3 Å². The number of hydrogen-bond acceptors (Lipinski definition) is 6. The number of piperazine rings is 1. The predicted molar refractivity (Wildman–Crippen MR) is 117 cm³/mol. The van der Waals surface area contributed by atoms with Gasteiger partial charge in [-0.2, -0.15) is 0 Å². The monoisotopic (exact) mass is 417 g/mol. The molecule has 0 radical (unpaired) electrons. The lowest BCUT2D eigenvalue weighted by molar-refractivity contribution is 0.201. The maximum Gasteiger partial charge on any atom is 0.147 e.